The highest BCUT2D eigenvalue weighted by atomic mass is 79.9. The number of rotatable bonds is 8. The van der Waals surface area contributed by atoms with E-state index < -0.39 is 0 Å². The van der Waals surface area contributed by atoms with Gasteiger partial charge in [0.1, 0.15) is 18.1 Å². The maximum atomic E-state index is 13.4. The lowest BCUT2D eigenvalue weighted by Crippen LogP contribution is -2.30. The van der Waals surface area contributed by atoms with E-state index in [0.29, 0.717) is 23.2 Å². The lowest BCUT2D eigenvalue weighted by Gasteiger charge is -2.11. The molecule has 0 saturated heterocycles. The molecule has 1 aromatic heterocycles. The number of hydrogen-bond donors (Lipinski definition) is 0. The van der Waals surface area contributed by atoms with Gasteiger partial charge in [0.2, 0.25) is 0 Å². The first-order valence-electron chi connectivity index (χ1n) is 10.7. The predicted molar refractivity (Wildman–Crippen MR) is 133 cm³/mol. The molecule has 0 aliphatic carbocycles. The Kier molecular flexibility index (Phi) is 7.33. The molecule has 0 saturated carbocycles. The summed E-state index contributed by atoms with van der Waals surface area (Å²) in [7, 11) is 1.59. The SMILES string of the molecule is COc1ccc(Cc2cc(-c3ccc(F)cc3)nn(CC(=O)Cc3ccc(Br)cc3)c2=O)cc1. The number of halogens is 2. The first kappa shape index (κ1) is 23.6. The molecule has 34 heavy (non-hydrogen) atoms. The summed E-state index contributed by atoms with van der Waals surface area (Å²) in [5.74, 6) is 0.227. The number of carbonyl (C=O) groups is 1. The lowest BCUT2D eigenvalue weighted by atomic mass is 10.0. The molecule has 0 aliphatic heterocycles. The molecule has 172 valence electrons. The van der Waals surface area contributed by atoms with E-state index in [1.165, 1.54) is 16.8 Å². The molecule has 4 rings (SSSR count). The minimum Gasteiger partial charge on any atom is -0.497 e. The number of ketones is 1. The van der Waals surface area contributed by atoms with Gasteiger partial charge in [-0.05, 0) is 65.7 Å². The van der Waals surface area contributed by atoms with Gasteiger partial charge in [-0.15, -0.1) is 0 Å². The fraction of sp³-hybridized carbons (Fsp3) is 0.148. The van der Waals surface area contributed by atoms with Crippen LogP contribution < -0.4 is 10.3 Å². The highest BCUT2D eigenvalue weighted by Gasteiger charge is 2.14. The number of carbonyl (C=O) groups excluding carboxylic acids is 1. The summed E-state index contributed by atoms with van der Waals surface area (Å²) in [6.45, 7) is -0.153. The van der Waals surface area contributed by atoms with Crippen LogP contribution in [0.1, 0.15) is 16.7 Å². The Balaban J connectivity index is 1.67. The second-order valence-electron chi connectivity index (χ2n) is 7.89. The van der Waals surface area contributed by atoms with Gasteiger partial charge in [0, 0.05) is 28.4 Å². The zero-order valence-corrected chi connectivity index (χ0v) is 20.1. The molecule has 7 heteroatoms. The van der Waals surface area contributed by atoms with Crippen LogP contribution in [0.5, 0.6) is 5.75 Å². The second-order valence-corrected chi connectivity index (χ2v) is 8.81. The smallest absolute Gasteiger partial charge is 0.270 e. The van der Waals surface area contributed by atoms with Crippen molar-refractivity contribution in [3.63, 3.8) is 0 Å². The third kappa shape index (κ3) is 5.85. The number of aromatic nitrogens is 2. The summed E-state index contributed by atoms with van der Waals surface area (Å²) in [6.07, 6.45) is 0.552. The van der Waals surface area contributed by atoms with E-state index in [1.54, 1.807) is 25.3 Å². The van der Waals surface area contributed by atoms with Crippen LogP contribution in [0.25, 0.3) is 11.3 Å². The normalized spacial score (nSPS) is 10.8. The maximum absolute atomic E-state index is 13.4. The molecule has 0 unspecified atom stereocenters. The molecule has 0 fully saturated rings. The molecule has 4 aromatic rings. The van der Waals surface area contributed by atoms with Crippen molar-refractivity contribution < 1.29 is 13.9 Å². The summed E-state index contributed by atoms with van der Waals surface area (Å²) < 4.78 is 20.8. The van der Waals surface area contributed by atoms with Crippen molar-refractivity contribution >= 4 is 21.7 Å². The van der Waals surface area contributed by atoms with E-state index in [-0.39, 0.29) is 30.1 Å². The average molecular weight is 521 g/mol. The van der Waals surface area contributed by atoms with E-state index in [0.717, 1.165) is 21.3 Å². The molecule has 0 N–H and O–H groups in total. The van der Waals surface area contributed by atoms with Gasteiger partial charge in [0.15, 0.2) is 5.78 Å². The predicted octanol–water partition coefficient (Wildman–Crippen LogP) is 5.22. The number of nitrogens with zero attached hydrogens (tertiary/aromatic N) is 2. The molecule has 1 heterocycles. The molecule has 0 atom stereocenters. The van der Waals surface area contributed by atoms with E-state index in [1.807, 2.05) is 48.5 Å². The highest BCUT2D eigenvalue weighted by molar-refractivity contribution is 9.10. The standard InChI is InChI=1S/C27H22BrFN2O3/c1-34-25-12-4-18(5-13-25)14-21-16-26(20-6-10-23(29)11-7-20)30-31(27(21)33)17-24(32)15-19-2-8-22(28)9-3-19/h2-13,16H,14-15,17H2,1H3. The Morgan fingerprint density at radius 1 is 0.971 bits per heavy atom. The van der Waals surface area contributed by atoms with Crippen LogP contribution in [0.4, 0.5) is 4.39 Å². The van der Waals surface area contributed by atoms with Gasteiger partial charge in [0.25, 0.3) is 5.56 Å². The van der Waals surface area contributed by atoms with E-state index in [2.05, 4.69) is 21.0 Å². The van der Waals surface area contributed by atoms with Crippen LogP contribution in [0.3, 0.4) is 0 Å². The van der Waals surface area contributed by atoms with Gasteiger partial charge in [-0.3, -0.25) is 9.59 Å². The Morgan fingerprint density at radius 3 is 2.26 bits per heavy atom. The van der Waals surface area contributed by atoms with E-state index >= 15 is 0 Å². The molecular weight excluding hydrogens is 499 g/mol. The van der Waals surface area contributed by atoms with Crippen molar-refractivity contribution in [2.75, 3.05) is 7.11 Å². The molecule has 0 aliphatic rings. The number of Topliss-reactive ketones (excluding diaryl/α,β-unsaturated/α-hetero) is 1. The Bertz CT molecular complexity index is 1350. The molecule has 0 radical (unpaired) electrons. The van der Waals surface area contributed by atoms with E-state index in [4.69, 9.17) is 4.74 Å². The minimum atomic E-state index is -0.361. The number of ether oxygens (including phenoxy) is 1. The van der Waals surface area contributed by atoms with Crippen molar-refractivity contribution in [3.05, 3.63) is 116 Å². The summed E-state index contributed by atoms with van der Waals surface area (Å²) in [4.78, 5) is 26.0. The first-order valence-corrected chi connectivity index (χ1v) is 11.5. The summed E-state index contributed by atoms with van der Waals surface area (Å²) >= 11 is 3.38. The van der Waals surface area contributed by atoms with Crippen LogP contribution in [0.15, 0.2) is 88.1 Å². The van der Waals surface area contributed by atoms with Crippen LogP contribution in [0.2, 0.25) is 0 Å². The maximum Gasteiger partial charge on any atom is 0.270 e. The summed E-state index contributed by atoms with van der Waals surface area (Å²) in [5.41, 5.74) is 3.10. The van der Waals surface area contributed by atoms with Crippen molar-refractivity contribution in [3.8, 4) is 17.0 Å². The lowest BCUT2D eigenvalue weighted by molar-refractivity contribution is -0.119. The molecule has 5 nitrogen and oxygen atoms in total. The van der Waals surface area contributed by atoms with Crippen LogP contribution in [-0.4, -0.2) is 22.7 Å². The Morgan fingerprint density at radius 2 is 1.62 bits per heavy atom. The fourth-order valence-electron chi connectivity index (χ4n) is 3.61. The third-order valence-electron chi connectivity index (χ3n) is 5.38. The van der Waals surface area contributed by atoms with Crippen molar-refractivity contribution in [1.82, 2.24) is 9.78 Å². The van der Waals surface area contributed by atoms with E-state index in [9.17, 15) is 14.0 Å². The monoisotopic (exact) mass is 520 g/mol. The third-order valence-corrected chi connectivity index (χ3v) is 5.91. The quantitative estimate of drug-likeness (QED) is 0.319. The molecule has 3 aromatic carbocycles. The highest BCUT2D eigenvalue weighted by Crippen LogP contribution is 2.20. The summed E-state index contributed by atoms with van der Waals surface area (Å²) in [6, 6.07) is 22.5. The topological polar surface area (TPSA) is 61.2 Å². The zero-order valence-electron chi connectivity index (χ0n) is 18.5. The van der Waals surface area contributed by atoms with Crippen molar-refractivity contribution in [1.29, 1.82) is 0 Å². The largest absolute Gasteiger partial charge is 0.497 e. The van der Waals surface area contributed by atoms with Crippen LogP contribution in [0, 0.1) is 5.82 Å². The molecule has 0 spiro atoms. The first-order chi connectivity index (χ1) is 16.4. The molecule has 0 bridgehead atoms. The van der Waals surface area contributed by atoms with Crippen molar-refractivity contribution in [2.45, 2.75) is 19.4 Å². The van der Waals surface area contributed by atoms with Gasteiger partial charge in [0.05, 0.1) is 12.8 Å². The van der Waals surface area contributed by atoms with Crippen LogP contribution in [-0.2, 0) is 24.2 Å². The molecule has 0 amide bonds. The van der Waals surface area contributed by atoms with Gasteiger partial charge in [-0.2, -0.15) is 5.10 Å². The summed E-state index contributed by atoms with van der Waals surface area (Å²) in [5, 5.41) is 4.43. The molecular formula is C27H22BrFN2O3. The van der Waals surface area contributed by atoms with Crippen LogP contribution >= 0.6 is 15.9 Å². The van der Waals surface area contributed by atoms with Gasteiger partial charge in [-0.25, -0.2) is 9.07 Å². The Labute approximate surface area is 205 Å². The number of hydrogen-bond acceptors (Lipinski definition) is 4. The van der Waals surface area contributed by atoms with Gasteiger partial charge in [-0.1, -0.05) is 40.2 Å². The van der Waals surface area contributed by atoms with Gasteiger partial charge >= 0.3 is 0 Å². The number of methoxy groups -OCH3 is 1. The zero-order chi connectivity index (χ0) is 24.1. The Hall–Kier alpha value is -3.58. The van der Waals surface area contributed by atoms with Gasteiger partial charge < -0.3 is 4.74 Å². The number of benzene rings is 3. The average Bonchev–Trinajstić information content (AvgIpc) is 2.84. The minimum absolute atomic E-state index is 0.136. The second kappa shape index (κ2) is 10.6. The van der Waals surface area contributed by atoms with Crippen molar-refractivity contribution in [2.24, 2.45) is 0 Å². The fourth-order valence-corrected chi connectivity index (χ4v) is 3.87.